The largest absolute Gasteiger partial charge is 0.389 e. The van der Waals surface area contributed by atoms with Crippen molar-refractivity contribution in [3.8, 4) is 0 Å². The van der Waals surface area contributed by atoms with E-state index in [1.807, 2.05) is 24.3 Å². The van der Waals surface area contributed by atoms with Gasteiger partial charge in [0.1, 0.15) is 0 Å². The number of aliphatic hydroxyl groups excluding tert-OH is 1. The van der Waals surface area contributed by atoms with Gasteiger partial charge in [0.25, 0.3) is 0 Å². The van der Waals surface area contributed by atoms with Gasteiger partial charge in [-0.3, -0.25) is 0 Å². The SMILES string of the molecule is COCCCN(CCOC)c1ccccc1[C@H](C)O. The zero-order valence-electron chi connectivity index (χ0n) is 12.1. The molecule has 1 aromatic carbocycles. The van der Waals surface area contributed by atoms with Crippen LogP contribution in [0.3, 0.4) is 0 Å². The van der Waals surface area contributed by atoms with Gasteiger partial charge in [0.15, 0.2) is 0 Å². The van der Waals surface area contributed by atoms with Crippen LogP contribution in [0.25, 0.3) is 0 Å². The van der Waals surface area contributed by atoms with Gasteiger partial charge in [-0.2, -0.15) is 0 Å². The van der Waals surface area contributed by atoms with E-state index in [0.29, 0.717) is 6.61 Å². The maximum atomic E-state index is 9.87. The quantitative estimate of drug-likeness (QED) is 0.697. The van der Waals surface area contributed by atoms with Crippen molar-refractivity contribution in [1.29, 1.82) is 0 Å². The molecule has 0 bridgehead atoms. The number of hydrogen-bond acceptors (Lipinski definition) is 4. The predicted molar refractivity (Wildman–Crippen MR) is 77.7 cm³/mol. The number of para-hydroxylation sites is 1. The monoisotopic (exact) mass is 267 g/mol. The third kappa shape index (κ3) is 5.19. The molecule has 1 atom stereocenters. The summed E-state index contributed by atoms with van der Waals surface area (Å²) < 4.78 is 10.3. The summed E-state index contributed by atoms with van der Waals surface area (Å²) in [6, 6.07) is 7.97. The molecule has 0 spiro atoms. The Morgan fingerprint density at radius 1 is 1.11 bits per heavy atom. The van der Waals surface area contributed by atoms with Crippen LogP contribution >= 0.6 is 0 Å². The normalized spacial score (nSPS) is 12.4. The fourth-order valence-electron chi connectivity index (χ4n) is 2.08. The maximum Gasteiger partial charge on any atom is 0.0781 e. The number of hydrogen-bond donors (Lipinski definition) is 1. The molecule has 0 aliphatic heterocycles. The third-order valence-electron chi connectivity index (χ3n) is 3.07. The van der Waals surface area contributed by atoms with Gasteiger partial charge in [-0.1, -0.05) is 18.2 Å². The molecule has 4 heteroatoms. The predicted octanol–water partition coefficient (Wildman–Crippen LogP) is 2.23. The van der Waals surface area contributed by atoms with E-state index >= 15 is 0 Å². The Labute approximate surface area is 115 Å². The van der Waals surface area contributed by atoms with E-state index in [9.17, 15) is 5.11 Å². The van der Waals surface area contributed by atoms with Gasteiger partial charge in [-0.25, -0.2) is 0 Å². The highest BCUT2D eigenvalue weighted by molar-refractivity contribution is 5.54. The minimum absolute atomic E-state index is 0.469. The van der Waals surface area contributed by atoms with Crippen LogP contribution in [0.5, 0.6) is 0 Å². The fraction of sp³-hybridized carbons (Fsp3) is 0.600. The lowest BCUT2D eigenvalue weighted by atomic mass is 10.1. The summed E-state index contributed by atoms with van der Waals surface area (Å²) in [5, 5.41) is 9.87. The van der Waals surface area contributed by atoms with E-state index in [2.05, 4.69) is 4.90 Å². The lowest BCUT2D eigenvalue weighted by Gasteiger charge is -2.27. The summed E-state index contributed by atoms with van der Waals surface area (Å²) in [5.41, 5.74) is 2.03. The number of rotatable bonds is 9. The van der Waals surface area contributed by atoms with Crippen LogP contribution in [0, 0.1) is 0 Å². The fourth-order valence-corrected chi connectivity index (χ4v) is 2.08. The minimum Gasteiger partial charge on any atom is -0.389 e. The van der Waals surface area contributed by atoms with Gasteiger partial charge in [-0.15, -0.1) is 0 Å². The van der Waals surface area contributed by atoms with E-state index in [0.717, 1.165) is 37.4 Å². The summed E-state index contributed by atoms with van der Waals surface area (Å²) in [6.45, 7) is 4.90. The van der Waals surface area contributed by atoms with E-state index in [1.54, 1.807) is 21.1 Å². The molecule has 4 nitrogen and oxygen atoms in total. The van der Waals surface area contributed by atoms with Gasteiger partial charge < -0.3 is 19.5 Å². The van der Waals surface area contributed by atoms with Crippen molar-refractivity contribution in [3.05, 3.63) is 29.8 Å². The molecule has 0 amide bonds. The Balaban J connectivity index is 2.82. The molecule has 0 aliphatic carbocycles. The number of nitrogens with zero attached hydrogens (tertiary/aromatic N) is 1. The van der Waals surface area contributed by atoms with Crippen molar-refractivity contribution in [2.75, 3.05) is 45.4 Å². The maximum absolute atomic E-state index is 9.87. The molecule has 0 saturated heterocycles. The number of methoxy groups -OCH3 is 2. The zero-order valence-corrected chi connectivity index (χ0v) is 12.1. The van der Waals surface area contributed by atoms with Gasteiger partial charge in [0.05, 0.1) is 12.7 Å². The first kappa shape index (κ1) is 16.0. The Morgan fingerprint density at radius 3 is 2.42 bits per heavy atom. The average molecular weight is 267 g/mol. The highest BCUT2D eigenvalue weighted by atomic mass is 16.5. The van der Waals surface area contributed by atoms with Crippen LogP contribution in [-0.4, -0.2) is 45.6 Å². The van der Waals surface area contributed by atoms with Crippen molar-refractivity contribution in [1.82, 2.24) is 0 Å². The molecular weight excluding hydrogens is 242 g/mol. The lowest BCUT2D eigenvalue weighted by molar-refractivity contribution is 0.189. The van der Waals surface area contributed by atoms with Crippen LogP contribution in [0.4, 0.5) is 5.69 Å². The van der Waals surface area contributed by atoms with Crippen LogP contribution < -0.4 is 4.90 Å². The van der Waals surface area contributed by atoms with Gasteiger partial charge in [-0.05, 0) is 19.4 Å². The third-order valence-corrected chi connectivity index (χ3v) is 3.07. The number of ether oxygens (including phenoxy) is 2. The molecule has 1 N–H and O–H groups in total. The van der Waals surface area contributed by atoms with Crippen molar-refractivity contribution < 1.29 is 14.6 Å². The zero-order chi connectivity index (χ0) is 14.1. The summed E-state index contributed by atoms with van der Waals surface area (Å²) in [4.78, 5) is 2.24. The number of benzene rings is 1. The van der Waals surface area contributed by atoms with Gasteiger partial charge >= 0.3 is 0 Å². The van der Waals surface area contributed by atoms with Crippen molar-refractivity contribution in [3.63, 3.8) is 0 Å². The number of anilines is 1. The molecule has 0 unspecified atom stereocenters. The van der Waals surface area contributed by atoms with Gasteiger partial charge in [0, 0.05) is 45.2 Å². The Kier molecular flexibility index (Phi) is 7.48. The van der Waals surface area contributed by atoms with E-state index < -0.39 is 6.10 Å². The highest BCUT2D eigenvalue weighted by Gasteiger charge is 2.13. The van der Waals surface area contributed by atoms with E-state index in [-0.39, 0.29) is 0 Å². The Morgan fingerprint density at radius 2 is 1.79 bits per heavy atom. The minimum atomic E-state index is -0.469. The lowest BCUT2D eigenvalue weighted by Crippen LogP contribution is -2.30. The van der Waals surface area contributed by atoms with Crippen LogP contribution in [0.15, 0.2) is 24.3 Å². The van der Waals surface area contributed by atoms with E-state index in [4.69, 9.17) is 9.47 Å². The molecule has 0 fully saturated rings. The topological polar surface area (TPSA) is 41.9 Å². The molecule has 1 aromatic rings. The summed E-state index contributed by atoms with van der Waals surface area (Å²) >= 11 is 0. The second-order valence-corrected chi connectivity index (χ2v) is 4.56. The smallest absolute Gasteiger partial charge is 0.0781 e. The van der Waals surface area contributed by atoms with Crippen molar-refractivity contribution in [2.45, 2.75) is 19.4 Å². The first-order valence-electron chi connectivity index (χ1n) is 6.70. The first-order valence-corrected chi connectivity index (χ1v) is 6.70. The van der Waals surface area contributed by atoms with Crippen molar-refractivity contribution in [2.24, 2.45) is 0 Å². The van der Waals surface area contributed by atoms with Crippen LogP contribution in [-0.2, 0) is 9.47 Å². The van der Waals surface area contributed by atoms with E-state index in [1.165, 1.54) is 0 Å². The Bertz CT molecular complexity index is 355. The summed E-state index contributed by atoms with van der Waals surface area (Å²) in [6.07, 6.45) is 0.484. The molecule has 0 heterocycles. The average Bonchev–Trinajstić information content (AvgIpc) is 2.42. The molecule has 0 radical (unpaired) electrons. The van der Waals surface area contributed by atoms with Crippen LogP contribution in [0.2, 0.25) is 0 Å². The first-order chi connectivity index (χ1) is 9.20. The molecule has 0 aliphatic rings. The molecule has 19 heavy (non-hydrogen) atoms. The second kappa shape index (κ2) is 8.91. The molecule has 0 aromatic heterocycles. The molecule has 108 valence electrons. The molecule has 1 rings (SSSR count). The Hall–Kier alpha value is -1.10. The summed E-state index contributed by atoms with van der Waals surface area (Å²) in [7, 11) is 3.41. The van der Waals surface area contributed by atoms with Crippen molar-refractivity contribution >= 4 is 5.69 Å². The van der Waals surface area contributed by atoms with Crippen LogP contribution in [0.1, 0.15) is 25.0 Å². The summed E-state index contributed by atoms with van der Waals surface area (Å²) in [5.74, 6) is 0. The molecule has 0 saturated carbocycles. The van der Waals surface area contributed by atoms with Gasteiger partial charge in [0.2, 0.25) is 0 Å². The standard InChI is InChI=1S/C15H25NO3/c1-13(17)14-7-4-5-8-15(14)16(10-12-19-3)9-6-11-18-2/h4-5,7-8,13,17H,6,9-12H2,1-3H3/t13-/m0/s1. The molecular formula is C15H25NO3. The second-order valence-electron chi connectivity index (χ2n) is 4.56. The number of aliphatic hydroxyl groups is 1. The highest BCUT2D eigenvalue weighted by Crippen LogP contribution is 2.26.